The number of hydrogen-bond acceptors (Lipinski definition) is 1. The molecular formula is C7H10N2. The molecule has 9 heavy (non-hydrogen) atoms. The highest BCUT2D eigenvalue weighted by molar-refractivity contribution is 5.79. The molecule has 0 radical (unpaired) electrons. The topological polar surface area (TPSA) is 36.2 Å². The molecule has 0 spiro atoms. The maximum atomic E-state index is 6.53. The summed E-state index contributed by atoms with van der Waals surface area (Å²) in [6.07, 6.45) is 6.07. The predicted octanol–water partition coefficient (Wildman–Crippen LogP) is 1.80. The van der Waals surface area contributed by atoms with Gasteiger partial charge in [0.1, 0.15) is 6.34 Å². The fraction of sp³-hybridized carbons (Fsp3) is 0.143. The van der Waals surface area contributed by atoms with Crippen molar-refractivity contribution in [2.24, 2.45) is 4.99 Å². The summed E-state index contributed by atoms with van der Waals surface area (Å²) in [7, 11) is 0. The smallest absolute Gasteiger partial charge is 0.106 e. The Kier molecular flexibility index (Phi) is 4.32. The van der Waals surface area contributed by atoms with Crippen LogP contribution in [0.25, 0.3) is 0 Å². The first kappa shape index (κ1) is 7.82. The van der Waals surface area contributed by atoms with Crippen molar-refractivity contribution >= 4 is 12.6 Å². The van der Waals surface area contributed by atoms with Crippen molar-refractivity contribution in [2.45, 2.75) is 6.92 Å². The molecule has 0 aromatic rings. The van der Waals surface area contributed by atoms with Crippen molar-refractivity contribution in [3.05, 3.63) is 24.3 Å². The van der Waals surface area contributed by atoms with Crippen LogP contribution in [0.1, 0.15) is 6.92 Å². The van der Waals surface area contributed by atoms with Crippen LogP contribution in [0.15, 0.2) is 29.3 Å². The molecular weight excluding hydrogens is 112 g/mol. The zero-order valence-electron chi connectivity index (χ0n) is 5.46. The van der Waals surface area contributed by atoms with Crippen LogP contribution in [-0.2, 0) is 0 Å². The van der Waals surface area contributed by atoms with E-state index in [4.69, 9.17) is 5.41 Å². The normalized spacial score (nSPS) is 11.9. The second-order valence-electron chi connectivity index (χ2n) is 1.54. The fourth-order valence-corrected chi connectivity index (χ4v) is 0.272. The zero-order chi connectivity index (χ0) is 7.11. The van der Waals surface area contributed by atoms with Gasteiger partial charge in [0, 0.05) is 6.21 Å². The van der Waals surface area contributed by atoms with Crippen molar-refractivity contribution in [1.82, 2.24) is 0 Å². The SMILES string of the molecule is C=C/C(C)=C\C=NC=N. The van der Waals surface area contributed by atoms with Gasteiger partial charge >= 0.3 is 0 Å². The van der Waals surface area contributed by atoms with E-state index in [2.05, 4.69) is 11.6 Å². The quantitative estimate of drug-likeness (QED) is 0.336. The number of nitrogens with zero attached hydrogens (tertiary/aromatic N) is 1. The molecule has 0 amide bonds. The van der Waals surface area contributed by atoms with Crippen LogP contribution in [0.2, 0.25) is 0 Å². The molecule has 1 N–H and O–H groups in total. The van der Waals surface area contributed by atoms with Crippen molar-refractivity contribution in [2.75, 3.05) is 0 Å². The minimum absolute atomic E-state index is 0.993. The van der Waals surface area contributed by atoms with Gasteiger partial charge in [-0.25, -0.2) is 4.99 Å². The number of allylic oxidation sites excluding steroid dienone is 3. The standard InChI is InChI=1S/C7H10N2/c1-3-7(2)4-5-9-6-8/h3-6,8H,1H2,2H3/b7-4-,8-6?,9-5?. The van der Waals surface area contributed by atoms with E-state index in [0.29, 0.717) is 0 Å². The lowest BCUT2D eigenvalue weighted by molar-refractivity contribution is 1.51. The Balaban J connectivity index is 3.81. The Hall–Kier alpha value is -1.18. The van der Waals surface area contributed by atoms with Gasteiger partial charge in [-0.3, -0.25) is 5.41 Å². The molecule has 2 nitrogen and oxygen atoms in total. The van der Waals surface area contributed by atoms with Crippen LogP contribution in [-0.4, -0.2) is 12.6 Å². The van der Waals surface area contributed by atoms with E-state index < -0.39 is 0 Å². The lowest BCUT2D eigenvalue weighted by Crippen LogP contribution is -1.69. The molecule has 48 valence electrons. The average Bonchev–Trinajstić information content (AvgIpc) is 1.89. The number of nitrogens with one attached hydrogen (secondary N) is 1. The lowest BCUT2D eigenvalue weighted by atomic mass is 10.3. The maximum absolute atomic E-state index is 6.53. The van der Waals surface area contributed by atoms with Gasteiger partial charge in [0.15, 0.2) is 0 Å². The van der Waals surface area contributed by atoms with Crippen LogP contribution in [0.5, 0.6) is 0 Å². The molecule has 0 aromatic carbocycles. The molecule has 0 heterocycles. The predicted molar refractivity (Wildman–Crippen MR) is 41.2 cm³/mol. The summed E-state index contributed by atoms with van der Waals surface area (Å²) >= 11 is 0. The van der Waals surface area contributed by atoms with Crippen molar-refractivity contribution in [3.8, 4) is 0 Å². The third-order valence-electron chi connectivity index (χ3n) is 0.820. The summed E-state index contributed by atoms with van der Waals surface area (Å²) in [6, 6.07) is 0. The van der Waals surface area contributed by atoms with Crippen LogP contribution >= 0.6 is 0 Å². The van der Waals surface area contributed by atoms with Gasteiger partial charge in [0.25, 0.3) is 0 Å². The van der Waals surface area contributed by atoms with Gasteiger partial charge in [-0.15, -0.1) is 0 Å². The summed E-state index contributed by atoms with van der Waals surface area (Å²) in [5.74, 6) is 0. The van der Waals surface area contributed by atoms with Gasteiger partial charge in [0.2, 0.25) is 0 Å². The third kappa shape index (κ3) is 4.68. The molecule has 2 heteroatoms. The highest BCUT2D eigenvalue weighted by Gasteiger charge is 1.71. The molecule has 0 rings (SSSR count). The van der Waals surface area contributed by atoms with Gasteiger partial charge in [-0.05, 0) is 13.0 Å². The van der Waals surface area contributed by atoms with Crippen LogP contribution in [0, 0.1) is 5.41 Å². The van der Waals surface area contributed by atoms with Crippen molar-refractivity contribution in [3.63, 3.8) is 0 Å². The summed E-state index contributed by atoms with van der Waals surface area (Å²) in [6.45, 7) is 5.47. The Morgan fingerprint density at radius 1 is 1.67 bits per heavy atom. The molecule has 0 unspecified atom stereocenters. The summed E-state index contributed by atoms with van der Waals surface area (Å²) in [5, 5.41) is 6.53. The molecule has 0 aliphatic heterocycles. The van der Waals surface area contributed by atoms with Gasteiger partial charge in [0.05, 0.1) is 0 Å². The van der Waals surface area contributed by atoms with E-state index in [0.717, 1.165) is 11.9 Å². The second-order valence-corrected chi connectivity index (χ2v) is 1.54. The molecule has 0 bridgehead atoms. The first-order chi connectivity index (χ1) is 4.31. The summed E-state index contributed by atoms with van der Waals surface area (Å²) in [4.78, 5) is 3.55. The minimum atomic E-state index is 0.993. The van der Waals surface area contributed by atoms with Gasteiger partial charge in [-0.1, -0.05) is 18.2 Å². The zero-order valence-corrected chi connectivity index (χ0v) is 5.46. The Bertz CT molecular complexity index is 154. The molecule has 0 aromatic heterocycles. The minimum Gasteiger partial charge on any atom is -0.290 e. The molecule has 0 aliphatic rings. The Morgan fingerprint density at radius 3 is 2.78 bits per heavy atom. The number of aliphatic imine (C=N–C) groups is 1. The lowest BCUT2D eigenvalue weighted by Gasteiger charge is -1.81. The highest BCUT2D eigenvalue weighted by atomic mass is 14.7. The van der Waals surface area contributed by atoms with E-state index in [-0.39, 0.29) is 0 Å². The van der Waals surface area contributed by atoms with E-state index in [1.165, 1.54) is 0 Å². The van der Waals surface area contributed by atoms with Gasteiger partial charge in [-0.2, -0.15) is 0 Å². The molecule has 0 atom stereocenters. The maximum Gasteiger partial charge on any atom is 0.106 e. The van der Waals surface area contributed by atoms with Crippen molar-refractivity contribution in [1.29, 1.82) is 5.41 Å². The van der Waals surface area contributed by atoms with E-state index in [1.54, 1.807) is 18.4 Å². The van der Waals surface area contributed by atoms with E-state index in [9.17, 15) is 0 Å². The first-order valence-corrected chi connectivity index (χ1v) is 2.62. The fourth-order valence-electron chi connectivity index (χ4n) is 0.272. The molecule has 0 saturated carbocycles. The Morgan fingerprint density at radius 2 is 2.33 bits per heavy atom. The molecule has 0 aliphatic carbocycles. The molecule has 0 saturated heterocycles. The Labute approximate surface area is 55.1 Å². The first-order valence-electron chi connectivity index (χ1n) is 2.62. The number of rotatable bonds is 3. The summed E-state index contributed by atoms with van der Waals surface area (Å²) < 4.78 is 0. The van der Waals surface area contributed by atoms with E-state index >= 15 is 0 Å². The second kappa shape index (κ2) is 4.97. The third-order valence-corrected chi connectivity index (χ3v) is 0.820. The highest BCUT2D eigenvalue weighted by Crippen LogP contribution is 1.88. The average molecular weight is 122 g/mol. The van der Waals surface area contributed by atoms with Gasteiger partial charge < -0.3 is 0 Å². The summed E-state index contributed by atoms with van der Waals surface area (Å²) in [5.41, 5.74) is 1.04. The van der Waals surface area contributed by atoms with Crippen LogP contribution in [0.4, 0.5) is 0 Å². The largest absolute Gasteiger partial charge is 0.290 e. The molecule has 0 fully saturated rings. The van der Waals surface area contributed by atoms with Crippen molar-refractivity contribution < 1.29 is 0 Å². The van der Waals surface area contributed by atoms with Crippen LogP contribution in [0.3, 0.4) is 0 Å². The monoisotopic (exact) mass is 122 g/mol. The number of hydrogen-bond donors (Lipinski definition) is 1. The van der Waals surface area contributed by atoms with E-state index in [1.807, 2.05) is 6.92 Å². The van der Waals surface area contributed by atoms with Crippen LogP contribution < -0.4 is 0 Å².